The molecule has 2 rings (SSSR count). The van der Waals surface area contributed by atoms with Gasteiger partial charge in [-0.3, -0.25) is 9.69 Å². The first-order valence-corrected chi connectivity index (χ1v) is 10.1. The molecular formula is C14H22N2O5S2. The molecule has 1 aliphatic heterocycles. The Hall–Kier alpha value is -1.00. The Morgan fingerprint density at radius 3 is 2.96 bits per heavy atom. The molecule has 0 radical (unpaired) electrons. The molecule has 1 aromatic heterocycles. The summed E-state index contributed by atoms with van der Waals surface area (Å²) in [6.45, 7) is 2.36. The van der Waals surface area contributed by atoms with Crippen molar-refractivity contribution < 1.29 is 23.1 Å². The normalized spacial score (nSPS) is 20.0. The maximum absolute atomic E-state index is 11.7. The predicted octanol–water partition coefficient (Wildman–Crippen LogP) is 0.338. The third kappa shape index (κ3) is 6.19. The highest BCUT2D eigenvalue weighted by Gasteiger charge is 2.27. The van der Waals surface area contributed by atoms with Crippen LogP contribution in [0.1, 0.15) is 4.88 Å². The Kier molecular flexibility index (Phi) is 6.54. The summed E-state index contributed by atoms with van der Waals surface area (Å²) in [5, 5.41) is 10.9. The van der Waals surface area contributed by atoms with Gasteiger partial charge in [0.2, 0.25) is 10.0 Å². The van der Waals surface area contributed by atoms with Gasteiger partial charge >= 0.3 is 5.97 Å². The first-order chi connectivity index (χ1) is 10.8. The molecule has 1 aromatic rings. The minimum Gasteiger partial charge on any atom is -0.480 e. The molecule has 9 heteroatoms. The number of nitrogens with zero attached hydrogens (tertiary/aromatic N) is 2. The number of sulfonamides is 1. The van der Waals surface area contributed by atoms with Gasteiger partial charge in [0.15, 0.2) is 0 Å². The summed E-state index contributed by atoms with van der Waals surface area (Å²) in [6, 6.07) is 4.12. The molecule has 0 aliphatic carbocycles. The molecule has 2 heterocycles. The minimum absolute atomic E-state index is 0.0701. The molecule has 0 spiro atoms. The minimum atomic E-state index is -3.57. The van der Waals surface area contributed by atoms with E-state index in [-0.39, 0.29) is 12.6 Å². The van der Waals surface area contributed by atoms with E-state index in [2.05, 4.69) is 11.0 Å². The number of carboxylic acid groups (broad SMARTS) is 1. The van der Waals surface area contributed by atoms with Crippen molar-refractivity contribution in [3.05, 3.63) is 22.4 Å². The van der Waals surface area contributed by atoms with Gasteiger partial charge in [0.1, 0.15) is 6.54 Å². The van der Waals surface area contributed by atoms with Gasteiger partial charge < -0.3 is 9.84 Å². The fourth-order valence-electron chi connectivity index (χ4n) is 2.51. The SMILES string of the molecule is CS(=O)(=O)N(CC(=O)O)C[C@@H]1CN(CCc2cccs2)CCO1. The standard InChI is InChI=1S/C14H22N2O5S2/c1-23(19,20)16(11-14(17)18)10-12-9-15(6-7-21-12)5-4-13-3-2-8-22-13/h2-3,8,12H,4-7,9-11H2,1H3,(H,17,18)/t12-/m0/s1. The Labute approximate surface area is 140 Å². The summed E-state index contributed by atoms with van der Waals surface area (Å²) in [6.07, 6.45) is 1.67. The number of hydrogen-bond acceptors (Lipinski definition) is 6. The molecule has 23 heavy (non-hydrogen) atoms. The Morgan fingerprint density at radius 1 is 1.57 bits per heavy atom. The van der Waals surface area contributed by atoms with Crippen LogP contribution >= 0.6 is 11.3 Å². The second-order valence-corrected chi connectivity index (χ2v) is 8.59. The second-order valence-electron chi connectivity index (χ2n) is 5.57. The van der Waals surface area contributed by atoms with E-state index in [1.165, 1.54) is 4.88 Å². The van der Waals surface area contributed by atoms with Gasteiger partial charge in [-0.15, -0.1) is 11.3 Å². The van der Waals surface area contributed by atoms with Crippen molar-refractivity contribution in [3.63, 3.8) is 0 Å². The van der Waals surface area contributed by atoms with Crippen molar-refractivity contribution in [2.45, 2.75) is 12.5 Å². The molecule has 7 nitrogen and oxygen atoms in total. The molecule has 130 valence electrons. The van der Waals surface area contributed by atoms with Crippen molar-refractivity contribution in [2.75, 3.05) is 45.6 Å². The van der Waals surface area contributed by atoms with Gasteiger partial charge in [-0.25, -0.2) is 8.42 Å². The van der Waals surface area contributed by atoms with E-state index in [1.807, 2.05) is 11.4 Å². The Balaban J connectivity index is 1.87. The van der Waals surface area contributed by atoms with E-state index in [1.54, 1.807) is 11.3 Å². The lowest BCUT2D eigenvalue weighted by Gasteiger charge is -2.34. The summed E-state index contributed by atoms with van der Waals surface area (Å²) in [4.78, 5) is 14.4. The zero-order valence-electron chi connectivity index (χ0n) is 13.1. The molecule has 0 aromatic carbocycles. The topological polar surface area (TPSA) is 87.2 Å². The number of thiophene rings is 1. The van der Waals surface area contributed by atoms with E-state index in [9.17, 15) is 13.2 Å². The number of hydrogen-bond donors (Lipinski definition) is 1. The summed E-state index contributed by atoms with van der Waals surface area (Å²) in [7, 11) is -3.57. The van der Waals surface area contributed by atoms with Gasteiger partial charge in [0.05, 0.1) is 19.0 Å². The molecule has 1 aliphatic rings. The number of rotatable bonds is 8. The monoisotopic (exact) mass is 362 g/mol. The molecule has 1 atom stereocenters. The lowest BCUT2D eigenvalue weighted by Crippen LogP contribution is -2.49. The highest BCUT2D eigenvalue weighted by molar-refractivity contribution is 7.88. The van der Waals surface area contributed by atoms with Gasteiger partial charge in [0, 0.05) is 31.1 Å². The molecular weight excluding hydrogens is 340 g/mol. The zero-order chi connectivity index (χ0) is 16.9. The highest BCUT2D eigenvalue weighted by atomic mass is 32.2. The van der Waals surface area contributed by atoms with Crippen LogP contribution in [-0.4, -0.2) is 80.4 Å². The smallest absolute Gasteiger partial charge is 0.318 e. The largest absolute Gasteiger partial charge is 0.480 e. The van der Waals surface area contributed by atoms with Gasteiger partial charge in [-0.2, -0.15) is 4.31 Å². The first-order valence-electron chi connectivity index (χ1n) is 7.38. The van der Waals surface area contributed by atoms with Crippen LogP contribution in [0.25, 0.3) is 0 Å². The fraction of sp³-hybridized carbons (Fsp3) is 0.643. The van der Waals surface area contributed by atoms with Crippen molar-refractivity contribution in [1.29, 1.82) is 0 Å². The van der Waals surface area contributed by atoms with Crippen molar-refractivity contribution in [1.82, 2.24) is 9.21 Å². The lowest BCUT2D eigenvalue weighted by atomic mass is 10.2. The molecule has 1 fully saturated rings. The van der Waals surface area contributed by atoms with Gasteiger partial charge in [-0.05, 0) is 17.9 Å². The van der Waals surface area contributed by atoms with Crippen LogP contribution in [0.5, 0.6) is 0 Å². The number of aliphatic carboxylic acids is 1. The fourth-order valence-corrected chi connectivity index (χ4v) is 3.99. The Bertz CT molecular complexity index is 603. The highest BCUT2D eigenvalue weighted by Crippen LogP contribution is 2.13. The maximum atomic E-state index is 11.7. The quantitative estimate of drug-likeness (QED) is 0.717. The molecule has 0 unspecified atom stereocenters. The predicted molar refractivity (Wildman–Crippen MR) is 88.3 cm³/mol. The average Bonchev–Trinajstić information content (AvgIpc) is 2.97. The summed E-state index contributed by atoms with van der Waals surface area (Å²) < 4.78 is 30.0. The van der Waals surface area contributed by atoms with Crippen molar-refractivity contribution in [3.8, 4) is 0 Å². The third-order valence-corrected chi connectivity index (χ3v) is 5.82. The van der Waals surface area contributed by atoms with Crippen LogP contribution in [0.2, 0.25) is 0 Å². The lowest BCUT2D eigenvalue weighted by molar-refractivity contribution is -0.137. The zero-order valence-corrected chi connectivity index (χ0v) is 14.7. The van der Waals surface area contributed by atoms with Crippen LogP contribution in [0.15, 0.2) is 17.5 Å². The third-order valence-electron chi connectivity index (χ3n) is 3.67. The maximum Gasteiger partial charge on any atom is 0.318 e. The van der Waals surface area contributed by atoms with Crippen molar-refractivity contribution >= 4 is 27.3 Å². The molecule has 0 saturated carbocycles. The summed E-state index contributed by atoms with van der Waals surface area (Å²) >= 11 is 1.72. The van der Waals surface area contributed by atoms with Gasteiger partial charge in [-0.1, -0.05) is 6.07 Å². The first kappa shape index (κ1) is 18.3. The molecule has 0 bridgehead atoms. The van der Waals surface area contributed by atoms with E-state index >= 15 is 0 Å². The number of carboxylic acids is 1. The summed E-state index contributed by atoms with van der Waals surface area (Å²) in [5.41, 5.74) is 0. The van der Waals surface area contributed by atoms with E-state index in [0.29, 0.717) is 13.2 Å². The molecule has 1 N–H and O–H groups in total. The van der Waals surface area contributed by atoms with Crippen LogP contribution in [-0.2, 0) is 26.0 Å². The Morgan fingerprint density at radius 2 is 2.35 bits per heavy atom. The van der Waals surface area contributed by atoms with E-state index < -0.39 is 22.5 Å². The van der Waals surface area contributed by atoms with Crippen LogP contribution in [0, 0.1) is 0 Å². The number of carbonyl (C=O) groups is 1. The van der Waals surface area contributed by atoms with Crippen molar-refractivity contribution in [2.24, 2.45) is 0 Å². The second kappa shape index (κ2) is 8.20. The van der Waals surface area contributed by atoms with Crippen LogP contribution in [0.3, 0.4) is 0 Å². The van der Waals surface area contributed by atoms with Gasteiger partial charge in [0.25, 0.3) is 0 Å². The van der Waals surface area contributed by atoms with Crippen LogP contribution < -0.4 is 0 Å². The number of morpholine rings is 1. The number of ether oxygens (including phenoxy) is 1. The molecule has 1 saturated heterocycles. The van der Waals surface area contributed by atoms with Crippen LogP contribution in [0.4, 0.5) is 0 Å². The summed E-state index contributed by atoms with van der Waals surface area (Å²) in [5.74, 6) is -1.17. The molecule has 0 amide bonds. The van der Waals surface area contributed by atoms with E-state index in [4.69, 9.17) is 9.84 Å². The average molecular weight is 362 g/mol. The van der Waals surface area contributed by atoms with E-state index in [0.717, 1.165) is 30.1 Å².